The van der Waals surface area contributed by atoms with E-state index in [4.69, 9.17) is 11.6 Å². The minimum atomic E-state index is -2.96. The fraction of sp³-hybridized carbons (Fsp3) is 0.538. The Kier molecular flexibility index (Phi) is 6.09. The first-order valence-corrected chi connectivity index (χ1v) is 8.33. The summed E-state index contributed by atoms with van der Waals surface area (Å²) in [6, 6.07) is 6.34. The first-order valence-electron chi connectivity index (χ1n) is 5.97. The van der Waals surface area contributed by atoms with Crippen LogP contribution in [0.2, 0.25) is 0 Å². The molecule has 0 amide bonds. The van der Waals surface area contributed by atoms with Gasteiger partial charge >= 0.3 is 0 Å². The highest BCUT2D eigenvalue weighted by Crippen LogP contribution is 2.16. The maximum atomic E-state index is 13.0. The highest BCUT2D eigenvalue weighted by atomic mass is 35.5. The molecule has 0 bridgehead atoms. The molecule has 1 rings (SSSR count). The second-order valence-electron chi connectivity index (χ2n) is 4.38. The van der Waals surface area contributed by atoms with E-state index in [1.54, 1.807) is 13.0 Å². The van der Waals surface area contributed by atoms with Crippen LogP contribution in [-0.4, -0.2) is 25.8 Å². The monoisotopic (exact) mass is 292 g/mol. The van der Waals surface area contributed by atoms with Crippen molar-refractivity contribution in [3.63, 3.8) is 0 Å². The molecule has 0 spiro atoms. The number of alkyl halides is 1. The van der Waals surface area contributed by atoms with Crippen LogP contribution >= 0.6 is 11.6 Å². The van der Waals surface area contributed by atoms with Crippen LogP contribution in [0.1, 0.15) is 18.9 Å². The van der Waals surface area contributed by atoms with E-state index in [0.29, 0.717) is 18.7 Å². The number of rotatable bonds is 7. The molecular weight excluding hydrogens is 275 g/mol. The van der Waals surface area contributed by atoms with Crippen molar-refractivity contribution >= 4 is 21.4 Å². The van der Waals surface area contributed by atoms with Crippen molar-refractivity contribution < 1.29 is 12.8 Å². The summed E-state index contributed by atoms with van der Waals surface area (Å²) in [4.78, 5) is 0. The highest BCUT2D eigenvalue weighted by Gasteiger charge is 2.14. The van der Waals surface area contributed by atoms with E-state index in [1.807, 2.05) is 6.07 Å². The van der Waals surface area contributed by atoms with Gasteiger partial charge in [0.05, 0.1) is 5.75 Å². The largest absolute Gasteiger partial charge is 0.229 e. The van der Waals surface area contributed by atoms with Gasteiger partial charge in [0.2, 0.25) is 0 Å². The van der Waals surface area contributed by atoms with Gasteiger partial charge in [-0.2, -0.15) is 0 Å². The van der Waals surface area contributed by atoms with Crippen LogP contribution in [0.3, 0.4) is 0 Å². The van der Waals surface area contributed by atoms with E-state index in [-0.39, 0.29) is 23.2 Å². The van der Waals surface area contributed by atoms with Gasteiger partial charge in [-0.3, -0.25) is 0 Å². The van der Waals surface area contributed by atoms with Crippen LogP contribution in [0.15, 0.2) is 24.3 Å². The van der Waals surface area contributed by atoms with Crippen LogP contribution < -0.4 is 0 Å². The molecule has 5 heteroatoms. The Morgan fingerprint density at radius 3 is 2.67 bits per heavy atom. The molecule has 1 aromatic rings. The summed E-state index contributed by atoms with van der Waals surface area (Å²) in [5.74, 6) is 0.477. The Labute approximate surface area is 113 Å². The fourth-order valence-electron chi connectivity index (χ4n) is 1.72. The minimum Gasteiger partial charge on any atom is -0.229 e. The third-order valence-corrected chi connectivity index (χ3v) is 5.08. The summed E-state index contributed by atoms with van der Waals surface area (Å²) >= 11 is 5.84. The molecule has 0 aliphatic rings. The quantitative estimate of drug-likeness (QED) is 0.724. The van der Waals surface area contributed by atoms with Crippen LogP contribution in [0.4, 0.5) is 4.39 Å². The molecule has 0 saturated carbocycles. The third-order valence-electron chi connectivity index (χ3n) is 2.91. The topological polar surface area (TPSA) is 34.1 Å². The zero-order valence-electron chi connectivity index (χ0n) is 10.4. The van der Waals surface area contributed by atoms with Crippen molar-refractivity contribution in [2.45, 2.75) is 19.8 Å². The zero-order chi connectivity index (χ0) is 13.6. The summed E-state index contributed by atoms with van der Waals surface area (Å²) in [6.07, 6.45) is 1.14. The second-order valence-corrected chi connectivity index (χ2v) is 7.16. The van der Waals surface area contributed by atoms with E-state index in [1.165, 1.54) is 12.1 Å². The first-order chi connectivity index (χ1) is 8.46. The number of sulfone groups is 1. The Bertz CT molecular complexity index is 474. The molecule has 1 unspecified atom stereocenters. The number of hydrogen-bond donors (Lipinski definition) is 0. The van der Waals surface area contributed by atoms with Crippen molar-refractivity contribution in [1.29, 1.82) is 0 Å². The molecule has 1 aromatic carbocycles. The van der Waals surface area contributed by atoms with Crippen LogP contribution in [-0.2, 0) is 16.3 Å². The van der Waals surface area contributed by atoms with Gasteiger partial charge in [0, 0.05) is 11.6 Å². The molecule has 0 aromatic heterocycles. The summed E-state index contributed by atoms with van der Waals surface area (Å²) in [7, 11) is -2.96. The molecule has 2 nitrogen and oxygen atoms in total. The Hall–Kier alpha value is -0.610. The summed E-state index contributed by atoms with van der Waals surface area (Å²) in [5.41, 5.74) is 0.856. The Balaban J connectivity index is 2.57. The molecule has 0 N–H and O–H groups in total. The molecule has 1 atom stereocenters. The molecule has 0 aliphatic heterocycles. The maximum Gasteiger partial charge on any atom is 0.150 e. The predicted molar refractivity (Wildman–Crippen MR) is 73.3 cm³/mol. The van der Waals surface area contributed by atoms with Crippen molar-refractivity contribution in [2.75, 3.05) is 17.4 Å². The second kappa shape index (κ2) is 7.10. The molecule has 0 radical (unpaired) electrons. The average molecular weight is 293 g/mol. The normalized spacial score (nSPS) is 13.5. The fourth-order valence-corrected chi connectivity index (χ4v) is 2.97. The van der Waals surface area contributed by atoms with E-state index in [2.05, 4.69) is 0 Å². The van der Waals surface area contributed by atoms with Crippen molar-refractivity contribution in [3.05, 3.63) is 35.6 Å². The predicted octanol–water partition coefficient (Wildman–Crippen LogP) is 3.05. The van der Waals surface area contributed by atoms with Gasteiger partial charge in [0.25, 0.3) is 0 Å². The van der Waals surface area contributed by atoms with Gasteiger partial charge in [0.15, 0.2) is 0 Å². The zero-order valence-corrected chi connectivity index (χ0v) is 12.0. The molecule has 0 aliphatic carbocycles. The SMILES string of the molecule is CCS(=O)(=O)CCC(CCl)Cc1cccc(F)c1. The number of hydrogen-bond acceptors (Lipinski definition) is 2. The van der Waals surface area contributed by atoms with Gasteiger partial charge in [0.1, 0.15) is 15.7 Å². The lowest BCUT2D eigenvalue weighted by Crippen LogP contribution is -2.15. The van der Waals surface area contributed by atoms with E-state index < -0.39 is 9.84 Å². The van der Waals surface area contributed by atoms with Crippen molar-refractivity contribution in [1.82, 2.24) is 0 Å². The van der Waals surface area contributed by atoms with E-state index in [0.717, 1.165) is 5.56 Å². The van der Waals surface area contributed by atoms with Crippen LogP contribution in [0.5, 0.6) is 0 Å². The van der Waals surface area contributed by atoms with Gasteiger partial charge in [-0.05, 0) is 36.5 Å². The molecule has 18 heavy (non-hydrogen) atoms. The molecule has 0 saturated heterocycles. The minimum absolute atomic E-state index is 0.0646. The van der Waals surface area contributed by atoms with Crippen molar-refractivity contribution in [2.24, 2.45) is 5.92 Å². The lowest BCUT2D eigenvalue weighted by molar-refractivity contribution is 0.545. The van der Waals surface area contributed by atoms with Gasteiger partial charge in [-0.15, -0.1) is 11.6 Å². The lowest BCUT2D eigenvalue weighted by atomic mass is 9.99. The highest BCUT2D eigenvalue weighted by molar-refractivity contribution is 7.91. The summed E-state index contributed by atoms with van der Waals surface area (Å²) in [6.45, 7) is 1.64. The number of benzene rings is 1. The molecule has 102 valence electrons. The Morgan fingerprint density at radius 1 is 1.39 bits per heavy atom. The standard InChI is InChI=1S/C13H18ClFO2S/c1-2-18(16,17)7-6-12(10-14)8-11-4-3-5-13(15)9-11/h3-5,9,12H,2,6-8,10H2,1H3. The average Bonchev–Trinajstić information content (AvgIpc) is 2.34. The van der Waals surface area contributed by atoms with Gasteiger partial charge in [-0.25, -0.2) is 12.8 Å². The first kappa shape index (κ1) is 15.4. The number of halogens is 2. The summed E-state index contributed by atoms with van der Waals surface area (Å²) < 4.78 is 35.9. The summed E-state index contributed by atoms with van der Waals surface area (Å²) in [5, 5.41) is 0. The van der Waals surface area contributed by atoms with Crippen LogP contribution in [0.25, 0.3) is 0 Å². The van der Waals surface area contributed by atoms with Crippen LogP contribution in [0, 0.1) is 11.7 Å². The Morgan fingerprint density at radius 2 is 2.11 bits per heavy atom. The van der Waals surface area contributed by atoms with Gasteiger partial charge in [-0.1, -0.05) is 19.1 Å². The van der Waals surface area contributed by atoms with Crippen molar-refractivity contribution in [3.8, 4) is 0 Å². The lowest BCUT2D eigenvalue weighted by Gasteiger charge is -2.13. The maximum absolute atomic E-state index is 13.0. The molecule has 0 heterocycles. The third kappa shape index (κ3) is 5.36. The van der Waals surface area contributed by atoms with Gasteiger partial charge < -0.3 is 0 Å². The molecule has 0 fully saturated rings. The smallest absolute Gasteiger partial charge is 0.150 e. The van der Waals surface area contributed by atoms with E-state index in [9.17, 15) is 12.8 Å². The van der Waals surface area contributed by atoms with E-state index >= 15 is 0 Å². The molecular formula is C13H18ClFO2S.